The minimum Gasteiger partial charge on any atom is -0.451 e. The second-order valence-corrected chi connectivity index (χ2v) is 9.99. The molecule has 1 saturated carbocycles. The number of amides is 6. The number of hydrogen-bond donors (Lipinski definition) is 3. The van der Waals surface area contributed by atoms with Crippen molar-refractivity contribution in [3.8, 4) is 0 Å². The van der Waals surface area contributed by atoms with Crippen molar-refractivity contribution in [3.63, 3.8) is 0 Å². The summed E-state index contributed by atoms with van der Waals surface area (Å²) in [7, 11) is 0. The molecule has 0 bridgehead atoms. The van der Waals surface area contributed by atoms with Crippen LogP contribution in [0.25, 0.3) is 0 Å². The minimum atomic E-state index is -1.30. The molecule has 1 aliphatic heterocycles. The highest BCUT2D eigenvalue weighted by molar-refractivity contribution is 6.09. The molecule has 1 aliphatic carbocycles. The van der Waals surface area contributed by atoms with E-state index in [1.807, 2.05) is 0 Å². The summed E-state index contributed by atoms with van der Waals surface area (Å²) in [5.74, 6) is -1.76. The number of rotatable bonds is 5. The SMILES string of the molecule is C[C@@H](OC(=O)CN1C(=O)NC2(CCC(C(C)(C)C)CC2)C1=O)C(=O)NC(=O)Nc1ccccc1. The lowest BCUT2D eigenvalue weighted by molar-refractivity contribution is -0.156. The molecule has 1 aromatic rings. The number of para-hydroxylation sites is 1. The Kier molecular flexibility index (Phi) is 7.28. The highest BCUT2D eigenvalue weighted by Crippen LogP contribution is 2.43. The quantitative estimate of drug-likeness (QED) is 0.446. The molecule has 0 radical (unpaired) electrons. The molecule has 0 unspecified atom stereocenters. The van der Waals surface area contributed by atoms with Crippen LogP contribution >= 0.6 is 0 Å². The van der Waals surface area contributed by atoms with Gasteiger partial charge in [0.1, 0.15) is 12.1 Å². The van der Waals surface area contributed by atoms with Gasteiger partial charge in [-0.15, -0.1) is 0 Å². The van der Waals surface area contributed by atoms with Crippen molar-refractivity contribution in [1.82, 2.24) is 15.5 Å². The maximum Gasteiger partial charge on any atom is 0.327 e. The van der Waals surface area contributed by atoms with Gasteiger partial charge in [0.2, 0.25) is 0 Å². The molecule has 1 saturated heterocycles. The molecule has 10 heteroatoms. The molecule has 0 aromatic heterocycles. The number of nitrogens with one attached hydrogen (secondary N) is 3. The number of ether oxygens (including phenoxy) is 1. The van der Waals surface area contributed by atoms with Gasteiger partial charge in [-0.05, 0) is 56.1 Å². The third kappa shape index (κ3) is 5.73. The third-order valence-corrected chi connectivity index (χ3v) is 6.54. The highest BCUT2D eigenvalue weighted by Gasteiger charge is 2.53. The maximum absolute atomic E-state index is 13.0. The van der Waals surface area contributed by atoms with Crippen LogP contribution in [0.15, 0.2) is 30.3 Å². The molecule has 184 valence electrons. The largest absolute Gasteiger partial charge is 0.451 e. The second kappa shape index (κ2) is 9.82. The fourth-order valence-electron chi connectivity index (χ4n) is 4.45. The Bertz CT molecular complexity index is 963. The van der Waals surface area contributed by atoms with Gasteiger partial charge in [0.05, 0.1) is 0 Å². The molecule has 1 spiro atoms. The molecule has 2 aliphatic rings. The van der Waals surface area contributed by atoms with E-state index in [1.165, 1.54) is 6.92 Å². The van der Waals surface area contributed by atoms with Crippen LogP contribution in [-0.2, 0) is 19.1 Å². The first-order chi connectivity index (χ1) is 15.9. The number of anilines is 1. The summed E-state index contributed by atoms with van der Waals surface area (Å²) in [6.45, 7) is 7.17. The Morgan fingerprint density at radius 3 is 2.35 bits per heavy atom. The average Bonchev–Trinajstić information content (AvgIpc) is 2.97. The van der Waals surface area contributed by atoms with Gasteiger partial charge in [0.15, 0.2) is 6.10 Å². The van der Waals surface area contributed by atoms with Gasteiger partial charge in [-0.3, -0.25) is 24.6 Å². The molecule has 10 nitrogen and oxygen atoms in total. The van der Waals surface area contributed by atoms with Gasteiger partial charge >= 0.3 is 18.0 Å². The van der Waals surface area contributed by atoms with Crippen molar-refractivity contribution in [2.24, 2.45) is 11.3 Å². The Hall–Kier alpha value is -3.43. The normalized spacial score (nSPS) is 23.3. The summed E-state index contributed by atoms with van der Waals surface area (Å²) in [5.41, 5.74) is -0.384. The topological polar surface area (TPSA) is 134 Å². The van der Waals surface area contributed by atoms with Crippen LogP contribution in [0, 0.1) is 11.3 Å². The predicted molar refractivity (Wildman–Crippen MR) is 124 cm³/mol. The van der Waals surface area contributed by atoms with Crippen LogP contribution in [0.4, 0.5) is 15.3 Å². The van der Waals surface area contributed by atoms with Gasteiger partial charge in [0, 0.05) is 5.69 Å². The molecule has 1 atom stereocenters. The summed E-state index contributed by atoms with van der Waals surface area (Å²) >= 11 is 0. The third-order valence-electron chi connectivity index (χ3n) is 6.54. The van der Waals surface area contributed by atoms with E-state index >= 15 is 0 Å². The first kappa shape index (κ1) is 25.2. The molecular formula is C24H32N4O6. The van der Waals surface area contributed by atoms with Crippen molar-refractivity contribution < 1.29 is 28.7 Å². The first-order valence-electron chi connectivity index (χ1n) is 11.4. The van der Waals surface area contributed by atoms with Crippen LogP contribution in [0.2, 0.25) is 0 Å². The smallest absolute Gasteiger partial charge is 0.327 e. The molecule has 3 rings (SSSR count). The van der Waals surface area contributed by atoms with Crippen molar-refractivity contribution in [3.05, 3.63) is 30.3 Å². The number of esters is 1. The number of hydrogen-bond acceptors (Lipinski definition) is 6. The van der Waals surface area contributed by atoms with Gasteiger partial charge in [0.25, 0.3) is 11.8 Å². The van der Waals surface area contributed by atoms with E-state index < -0.39 is 48.0 Å². The Balaban J connectivity index is 1.50. The number of nitrogens with zero attached hydrogens (tertiary/aromatic N) is 1. The summed E-state index contributed by atoms with van der Waals surface area (Å²) in [5, 5.41) is 7.33. The number of benzene rings is 1. The van der Waals surface area contributed by atoms with E-state index in [0.29, 0.717) is 24.4 Å². The lowest BCUT2D eigenvalue weighted by Gasteiger charge is -2.40. The zero-order valence-electron chi connectivity index (χ0n) is 20.0. The average molecular weight is 473 g/mol. The Morgan fingerprint density at radius 1 is 1.15 bits per heavy atom. The second-order valence-electron chi connectivity index (χ2n) is 9.99. The van der Waals surface area contributed by atoms with Crippen LogP contribution in [0.3, 0.4) is 0 Å². The van der Waals surface area contributed by atoms with E-state index in [0.717, 1.165) is 17.7 Å². The molecule has 1 aromatic carbocycles. The summed E-state index contributed by atoms with van der Waals surface area (Å²) in [4.78, 5) is 62.8. The van der Waals surface area contributed by atoms with Crippen LogP contribution < -0.4 is 16.0 Å². The van der Waals surface area contributed by atoms with Gasteiger partial charge in [-0.1, -0.05) is 39.0 Å². The van der Waals surface area contributed by atoms with Crippen LogP contribution in [0.5, 0.6) is 0 Å². The molecule has 2 fully saturated rings. The minimum absolute atomic E-state index is 0.117. The monoisotopic (exact) mass is 472 g/mol. The summed E-state index contributed by atoms with van der Waals surface area (Å²) < 4.78 is 5.05. The fraction of sp³-hybridized carbons (Fsp3) is 0.542. The van der Waals surface area contributed by atoms with Gasteiger partial charge in [-0.25, -0.2) is 9.59 Å². The fourth-order valence-corrected chi connectivity index (χ4v) is 4.45. The number of imide groups is 2. The Morgan fingerprint density at radius 2 is 1.76 bits per heavy atom. The molecular weight excluding hydrogens is 440 g/mol. The van der Waals surface area contributed by atoms with Crippen LogP contribution in [0.1, 0.15) is 53.4 Å². The zero-order chi connectivity index (χ0) is 25.1. The van der Waals surface area contributed by atoms with Crippen LogP contribution in [-0.4, -0.2) is 52.9 Å². The predicted octanol–water partition coefficient (Wildman–Crippen LogP) is 2.79. The van der Waals surface area contributed by atoms with Crippen molar-refractivity contribution in [2.75, 3.05) is 11.9 Å². The molecule has 3 N–H and O–H groups in total. The number of urea groups is 2. The molecule has 6 amide bonds. The Labute approximate surface area is 198 Å². The lowest BCUT2D eigenvalue weighted by atomic mass is 9.67. The van der Waals surface area contributed by atoms with Crippen molar-refractivity contribution >= 4 is 35.5 Å². The summed E-state index contributed by atoms with van der Waals surface area (Å²) in [6.07, 6.45) is 1.33. The standard InChI is InChI=1S/C24H32N4O6/c1-15(19(30)26-21(32)25-17-8-6-5-7-9-17)34-18(29)14-28-20(31)24(27-22(28)33)12-10-16(11-13-24)23(2,3)4/h5-9,15-16H,10-14H2,1-4H3,(H,27,33)(H2,25,26,30,32)/t15-,16?,24?/m1/s1. The van der Waals surface area contributed by atoms with Gasteiger partial charge in [-0.2, -0.15) is 0 Å². The first-order valence-corrected chi connectivity index (χ1v) is 11.4. The molecule has 34 heavy (non-hydrogen) atoms. The maximum atomic E-state index is 13.0. The number of carbonyl (C=O) groups excluding carboxylic acids is 5. The van der Waals surface area contributed by atoms with Gasteiger partial charge < -0.3 is 15.4 Å². The van der Waals surface area contributed by atoms with E-state index in [-0.39, 0.29) is 5.41 Å². The number of carbonyl (C=O) groups is 5. The lowest BCUT2D eigenvalue weighted by Crippen LogP contribution is -2.51. The van der Waals surface area contributed by atoms with E-state index in [9.17, 15) is 24.0 Å². The van der Waals surface area contributed by atoms with E-state index in [2.05, 4.69) is 36.7 Å². The molecule has 1 heterocycles. The van der Waals surface area contributed by atoms with Crippen molar-refractivity contribution in [1.29, 1.82) is 0 Å². The highest BCUT2D eigenvalue weighted by atomic mass is 16.5. The summed E-state index contributed by atoms with van der Waals surface area (Å²) in [6, 6.07) is 7.09. The van der Waals surface area contributed by atoms with E-state index in [4.69, 9.17) is 4.74 Å². The van der Waals surface area contributed by atoms with E-state index in [1.54, 1.807) is 30.3 Å². The zero-order valence-corrected chi connectivity index (χ0v) is 20.0. The van der Waals surface area contributed by atoms with Crippen molar-refractivity contribution in [2.45, 2.75) is 65.0 Å².